The predicted molar refractivity (Wildman–Crippen MR) is 155 cm³/mol. The van der Waals surface area contributed by atoms with Gasteiger partial charge in [-0.1, -0.05) is 48.2 Å². The largest absolute Gasteiger partial charge is 0.492 e. The fourth-order valence-electron chi connectivity index (χ4n) is 4.02. The third-order valence-electron chi connectivity index (χ3n) is 6.26. The first-order valence-electron chi connectivity index (χ1n) is 12.6. The van der Waals surface area contributed by atoms with Gasteiger partial charge in [-0.3, -0.25) is 14.2 Å². The first-order chi connectivity index (χ1) is 18.3. The Kier molecular flexibility index (Phi) is 9.33. The van der Waals surface area contributed by atoms with Gasteiger partial charge in [0.15, 0.2) is 10.9 Å². The highest BCUT2D eigenvalue weighted by atomic mass is 32.2. The molecule has 4 rings (SSSR count). The highest BCUT2D eigenvalue weighted by Gasteiger charge is 2.12. The summed E-state index contributed by atoms with van der Waals surface area (Å²) in [6.07, 6.45) is 0. The summed E-state index contributed by atoms with van der Waals surface area (Å²) in [6.45, 7) is 5.17. The summed E-state index contributed by atoms with van der Waals surface area (Å²) in [5.41, 5.74) is 3.90. The van der Waals surface area contributed by atoms with Crippen molar-refractivity contribution in [3.8, 4) is 5.75 Å². The van der Waals surface area contributed by atoms with Gasteiger partial charge >= 0.3 is 0 Å². The summed E-state index contributed by atoms with van der Waals surface area (Å²) in [5, 5.41) is 4.66. The Balaban J connectivity index is 1.32. The number of thioether (sulfide) groups is 1. The molecule has 1 heterocycles. The van der Waals surface area contributed by atoms with Gasteiger partial charge in [-0.05, 0) is 62.5 Å². The second kappa shape index (κ2) is 12.9. The van der Waals surface area contributed by atoms with Crippen molar-refractivity contribution in [2.24, 2.45) is 7.05 Å². The second-order valence-corrected chi connectivity index (χ2v) is 10.4. The average molecular weight is 531 g/mol. The number of rotatable bonds is 12. The van der Waals surface area contributed by atoms with Crippen LogP contribution in [0, 0.1) is 6.92 Å². The first kappa shape index (κ1) is 27.6. The average Bonchev–Trinajstić information content (AvgIpc) is 2.92. The van der Waals surface area contributed by atoms with Crippen molar-refractivity contribution >= 4 is 28.4 Å². The van der Waals surface area contributed by atoms with Crippen LogP contribution in [-0.2, 0) is 12.8 Å². The number of carbonyl (C=O) groups is 1. The summed E-state index contributed by atoms with van der Waals surface area (Å²) in [6, 6.07) is 20.6. The summed E-state index contributed by atoms with van der Waals surface area (Å²) in [7, 11) is 5.85. The highest BCUT2D eigenvalue weighted by molar-refractivity contribution is 7.98. The summed E-state index contributed by atoms with van der Waals surface area (Å²) in [4.78, 5) is 32.6. The maximum atomic E-state index is 13.0. The third-order valence-corrected chi connectivity index (χ3v) is 7.36. The Bertz CT molecular complexity index is 1450. The number of nitrogens with one attached hydrogen (secondary N) is 1. The molecule has 7 nitrogen and oxygen atoms in total. The van der Waals surface area contributed by atoms with E-state index in [1.165, 1.54) is 11.8 Å². The molecule has 0 saturated carbocycles. The predicted octanol–water partition coefficient (Wildman–Crippen LogP) is 4.30. The third kappa shape index (κ3) is 6.89. The lowest BCUT2D eigenvalue weighted by molar-refractivity contribution is 0.103. The molecule has 0 spiro atoms. The van der Waals surface area contributed by atoms with Gasteiger partial charge in [0.1, 0.15) is 12.4 Å². The normalized spacial score (nSPS) is 11.3. The van der Waals surface area contributed by atoms with Crippen LogP contribution in [0.3, 0.4) is 0 Å². The molecule has 38 heavy (non-hydrogen) atoms. The van der Waals surface area contributed by atoms with Crippen molar-refractivity contribution in [3.63, 3.8) is 0 Å². The summed E-state index contributed by atoms with van der Waals surface area (Å²) in [5.74, 6) is 1.35. The lowest BCUT2D eigenvalue weighted by Gasteiger charge is -2.11. The van der Waals surface area contributed by atoms with Crippen LogP contribution in [0.5, 0.6) is 5.75 Å². The number of aryl methyl sites for hydroxylation is 1. The SMILES string of the molecule is Cc1cccc2nc(SCc3ccc(C(=O)c4ccc(OCCNCCN(C)C)cc4)cc3)n(C)c(=O)c12. The van der Waals surface area contributed by atoms with E-state index in [2.05, 4.69) is 10.2 Å². The Hall–Kier alpha value is -3.46. The van der Waals surface area contributed by atoms with Crippen LogP contribution in [0.1, 0.15) is 27.0 Å². The van der Waals surface area contributed by atoms with Gasteiger partial charge in [-0.15, -0.1) is 0 Å². The van der Waals surface area contributed by atoms with E-state index >= 15 is 0 Å². The number of nitrogens with zero attached hydrogens (tertiary/aromatic N) is 3. The van der Waals surface area contributed by atoms with Crippen LogP contribution in [-0.4, -0.2) is 60.6 Å². The van der Waals surface area contributed by atoms with E-state index in [1.807, 2.05) is 75.6 Å². The Morgan fingerprint density at radius 1 is 1.00 bits per heavy atom. The molecular formula is C30H34N4O3S. The van der Waals surface area contributed by atoms with Gasteiger partial charge in [-0.25, -0.2) is 4.98 Å². The molecule has 0 amide bonds. The van der Waals surface area contributed by atoms with Crippen molar-refractivity contribution in [1.29, 1.82) is 0 Å². The molecule has 0 aliphatic rings. The van der Waals surface area contributed by atoms with Crippen molar-refractivity contribution in [2.75, 3.05) is 40.3 Å². The Morgan fingerprint density at radius 2 is 1.68 bits per heavy atom. The van der Waals surface area contributed by atoms with Crippen LogP contribution in [0.4, 0.5) is 0 Å². The zero-order chi connectivity index (χ0) is 27.1. The molecule has 0 atom stereocenters. The molecule has 1 N–H and O–H groups in total. The molecule has 0 fully saturated rings. The first-order valence-corrected chi connectivity index (χ1v) is 13.6. The number of fused-ring (bicyclic) bond motifs is 1. The molecule has 1 aromatic heterocycles. The monoisotopic (exact) mass is 530 g/mol. The Labute approximate surface area is 227 Å². The van der Waals surface area contributed by atoms with Crippen LogP contribution < -0.4 is 15.6 Å². The van der Waals surface area contributed by atoms with Gasteiger partial charge in [0.2, 0.25) is 0 Å². The number of ether oxygens (including phenoxy) is 1. The fourth-order valence-corrected chi connectivity index (χ4v) is 4.95. The van der Waals surface area contributed by atoms with Crippen molar-refractivity contribution in [2.45, 2.75) is 17.8 Å². The maximum Gasteiger partial charge on any atom is 0.262 e. The number of aromatic nitrogens is 2. The van der Waals surface area contributed by atoms with Crippen LogP contribution in [0.15, 0.2) is 76.7 Å². The van der Waals surface area contributed by atoms with E-state index < -0.39 is 0 Å². The summed E-state index contributed by atoms with van der Waals surface area (Å²) < 4.78 is 7.37. The number of carbonyl (C=O) groups excluding carboxylic acids is 1. The standard InChI is InChI=1S/C30H34N4O3S/c1-21-6-5-7-26-27(21)29(36)34(4)30(32-26)38-20-22-8-10-23(11-9-22)28(35)24-12-14-25(15-13-24)37-19-17-31-16-18-33(2)3/h5-15,31H,16-20H2,1-4H3. The van der Waals surface area contributed by atoms with Gasteiger partial charge in [0.05, 0.1) is 10.9 Å². The lowest BCUT2D eigenvalue weighted by atomic mass is 10.0. The molecule has 0 aliphatic carbocycles. The molecule has 0 bridgehead atoms. The van der Waals surface area contributed by atoms with Crippen LogP contribution >= 0.6 is 11.8 Å². The number of ketones is 1. The molecule has 8 heteroatoms. The van der Waals surface area contributed by atoms with E-state index in [-0.39, 0.29) is 11.3 Å². The van der Waals surface area contributed by atoms with Crippen molar-refractivity contribution in [3.05, 3.63) is 99.3 Å². The topological polar surface area (TPSA) is 76.5 Å². The molecular weight excluding hydrogens is 496 g/mol. The molecule has 4 aromatic rings. The van der Waals surface area contributed by atoms with E-state index in [9.17, 15) is 9.59 Å². The van der Waals surface area contributed by atoms with Crippen molar-refractivity contribution < 1.29 is 9.53 Å². The Morgan fingerprint density at radius 3 is 2.37 bits per heavy atom. The van der Waals surface area contributed by atoms with Gasteiger partial charge in [0.25, 0.3) is 5.56 Å². The zero-order valence-electron chi connectivity index (χ0n) is 22.4. The molecule has 0 radical (unpaired) electrons. The van der Waals surface area contributed by atoms with Gasteiger partial charge in [-0.2, -0.15) is 0 Å². The molecule has 0 unspecified atom stereocenters. The number of benzene rings is 3. The lowest BCUT2D eigenvalue weighted by Crippen LogP contribution is -2.29. The smallest absolute Gasteiger partial charge is 0.262 e. The van der Waals surface area contributed by atoms with E-state index in [0.717, 1.165) is 36.5 Å². The van der Waals surface area contributed by atoms with Gasteiger partial charge < -0.3 is 15.0 Å². The second-order valence-electron chi connectivity index (χ2n) is 9.47. The highest BCUT2D eigenvalue weighted by Crippen LogP contribution is 2.23. The fraction of sp³-hybridized carbons (Fsp3) is 0.300. The molecule has 3 aromatic carbocycles. The minimum absolute atomic E-state index is 0.0323. The maximum absolute atomic E-state index is 13.0. The molecule has 198 valence electrons. The number of likely N-dealkylation sites (N-methyl/N-ethyl adjacent to an activating group) is 1. The zero-order valence-corrected chi connectivity index (χ0v) is 23.2. The minimum atomic E-state index is -0.0374. The number of hydrogen-bond acceptors (Lipinski definition) is 7. The summed E-state index contributed by atoms with van der Waals surface area (Å²) >= 11 is 1.51. The van der Waals surface area contributed by atoms with Crippen molar-refractivity contribution in [1.82, 2.24) is 19.8 Å². The number of hydrogen-bond donors (Lipinski definition) is 1. The van der Waals surface area contributed by atoms with E-state index in [0.29, 0.717) is 39.5 Å². The van der Waals surface area contributed by atoms with E-state index in [1.54, 1.807) is 23.7 Å². The molecule has 0 saturated heterocycles. The quantitative estimate of drug-likeness (QED) is 0.127. The minimum Gasteiger partial charge on any atom is -0.492 e. The molecule has 0 aliphatic heterocycles. The van der Waals surface area contributed by atoms with Crippen LogP contribution in [0.2, 0.25) is 0 Å². The van der Waals surface area contributed by atoms with E-state index in [4.69, 9.17) is 9.72 Å². The van der Waals surface area contributed by atoms with Crippen LogP contribution in [0.25, 0.3) is 10.9 Å². The van der Waals surface area contributed by atoms with Gasteiger partial charge in [0, 0.05) is 43.6 Å².